The van der Waals surface area contributed by atoms with Crippen molar-refractivity contribution in [1.29, 1.82) is 0 Å². The minimum Gasteiger partial charge on any atom is -0.458 e. The van der Waals surface area contributed by atoms with Gasteiger partial charge in [0.1, 0.15) is 46.0 Å². The monoisotopic (exact) mass is 1170 g/mol. The second-order valence-electron chi connectivity index (χ2n) is 28.8. The molecule has 17 rings (SSSR count). The van der Waals surface area contributed by atoms with Crippen molar-refractivity contribution in [2.45, 2.75) is 120 Å². The molecule has 6 aliphatic rings. The van der Waals surface area contributed by atoms with E-state index in [1.165, 1.54) is 108 Å². The number of rotatable bonds is 2. The van der Waals surface area contributed by atoms with E-state index >= 15 is 0 Å². The molecule has 11 heteroatoms. The van der Waals surface area contributed by atoms with Gasteiger partial charge in [-0.2, -0.15) is 0 Å². The number of hydrogen-bond acceptors (Lipinski definition) is 8. The molecule has 0 aliphatic carbocycles. The summed E-state index contributed by atoms with van der Waals surface area (Å²) in [5, 5.41) is 2.29. The van der Waals surface area contributed by atoms with Crippen LogP contribution in [0, 0.1) is 41.5 Å². The van der Waals surface area contributed by atoms with Gasteiger partial charge in [0, 0.05) is 75.5 Å². The molecule has 0 saturated carbocycles. The van der Waals surface area contributed by atoms with Crippen molar-refractivity contribution in [3.8, 4) is 46.0 Å². The van der Waals surface area contributed by atoms with Gasteiger partial charge in [0.15, 0.2) is 0 Å². The highest BCUT2D eigenvalue weighted by Gasteiger charge is 2.51. The molecule has 0 bridgehead atoms. The van der Waals surface area contributed by atoms with Gasteiger partial charge in [0.05, 0.1) is 11.4 Å². The Labute approximate surface area is 520 Å². The Morgan fingerprint density at radius 2 is 0.701 bits per heavy atom. The van der Waals surface area contributed by atoms with E-state index in [0.29, 0.717) is 0 Å². The van der Waals surface area contributed by atoms with Crippen LogP contribution in [-0.4, -0.2) is 20.1 Å². The molecule has 6 aliphatic heterocycles. The molecule has 0 N–H and O–H groups in total. The Kier molecular flexibility index (Phi) is 10.9. The maximum Gasteiger partial charge on any atom is 0.273 e. The zero-order valence-corrected chi connectivity index (χ0v) is 53.9. The third-order valence-corrected chi connectivity index (χ3v) is 22.0. The van der Waals surface area contributed by atoms with E-state index in [1.54, 1.807) is 0 Å². The molecule has 6 nitrogen and oxygen atoms in total. The Balaban J connectivity index is 1.01. The number of fused-ring (bicyclic) bond motifs is 16. The van der Waals surface area contributed by atoms with Crippen LogP contribution in [0.4, 0.5) is 34.1 Å². The van der Waals surface area contributed by atoms with Crippen LogP contribution in [0.2, 0.25) is 0 Å². The third-order valence-electron chi connectivity index (χ3n) is 19.6. The summed E-state index contributed by atoms with van der Waals surface area (Å²) in [7, 11) is 0. The zero-order chi connectivity index (χ0) is 60.0. The lowest BCUT2D eigenvalue weighted by atomic mass is 9.30. The number of ether oxygens (including phenoxy) is 4. The van der Waals surface area contributed by atoms with E-state index in [1.807, 2.05) is 22.7 Å². The molecule has 0 unspecified atom stereocenters. The van der Waals surface area contributed by atoms with Crippen LogP contribution in [0.5, 0.6) is 46.0 Å². The standard InChI is InChI=1S/C76H67B3N2O4S2/c1-38-24-40(3)68(41(4)25-38)80-53-36-57-51(78-66-59(82-57)30-45(75(10,11)12)32-61(66)84-70-47-20-16-18-22-63(47)86-72(70)78)34-49(53)77-50-35-52-58(37-54(50)81(69-42(5)26-39(2)27-43(69)6)56-29-44(74(7,8)9)28-55(80)65(56)77)83-60-31-46(76(13,14)15)33-62-67(60)79(52)73-71(85-62)48-21-17-19-23-64(48)87-73/h16-37H,1-15H3. The van der Waals surface area contributed by atoms with Gasteiger partial charge < -0.3 is 28.7 Å². The van der Waals surface area contributed by atoms with Crippen molar-refractivity contribution in [2.24, 2.45) is 0 Å². The Bertz CT molecular complexity index is 4610. The Morgan fingerprint density at radius 1 is 0.345 bits per heavy atom. The molecule has 2 aromatic heterocycles. The fourth-order valence-corrected chi connectivity index (χ4v) is 18.2. The second kappa shape index (κ2) is 17.8. The summed E-state index contributed by atoms with van der Waals surface area (Å²) in [6.45, 7) is 33.9. The first-order valence-corrected chi connectivity index (χ1v) is 32.5. The largest absolute Gasteiger partial charge is 0.458 e. The molecule has 0 atom stereocenters. The fourth-order valence-electron chi connectivity index (χ4n) is 15.6. The van der Waals surface area contributed by atoms with Gasteiger partial charge in [-0.15, -0.1) is 22.7 Å². The highest BCUT2D eigenvalue weighted by molar-refractivity contribution is 7.33. The van der Waals surface area contributed by atoms with E-state index in [2.05, 4.69) is 247 Å². The van der Waals surface area contributed by atoms with Crippen molar-refractivity contribution in [3.63, 3.8) is 0 Å². The number of nitrogens with zero attached hydrogens (tertiary/aromatic N) is 2. The van der Waals surface area contributed by atoms with Crippen LogP contribution in [0.3, 0.4) is 0 Å². The van der Waals surface area contributed by atoms with E-state index in [-0.39, 0.29) is 36.4 Å². The van der Waals surface area contributed by atoms with Crippen molar-refractivity contribution in [2.75, 3.05) is 9.80 Å². The molecule has 0 amide bonds. The Hall–Kier alpha value is -8.11. The number of benzene rings is 9. The maximum atomic E-state index is 7.54. The van der Waals surface area contributed by atoms with E-state index in [4.69, 9.17) is 18.9 Å². The average molecular weight is 1170 g/mol. The van der Waals surface area contributed by atoms with Gasteiger partial charge in [-0.25, -0.2) is 0 Å². The molecule has 8 heterocycles. The molecule has 9 aromatic carbocycles. The lowest BCUT2D eigenvalue weighted by Gasteiger charge is -2.47. The first-order chi connectivity index (χ1) is 41.5. The molecule has 0 saturated heterocycles. The van der Waals surface area contributed by atoms with Gasteiger partial charge in [-0.05, 0) is 185 Å². The van der Waals surface area contributed by atoms with E-state index in [0.717, 1.165) is 90.0 Å². The van der Waals surface area contributed by atoms with Gasteiger partial charge >= 0.3 is 0 Å². The minimum atomic E-state index is -0.231. The van der Waals surface area contributed by atoms with Crippen molar-refractivity contribution >= 4 is 145 Å². The normalized spacial score (nSPS) is 14.6. The lowest BCUT2D eigenvalue weighted by molar-refractivity contribution is 0.461. The number of hydrogen-bond donors (Lipinski definition) is 0. The van der Waals surface area contributed by atoms with Gasteiger partial charge in [0.2, 0.25) is 0 Å². The smallest absolute Gasteiger partial charge is 0.273 e. The highest BCUT2D eigenvalue weighted by Crippen LogP contribution is 2.52. The van der Waals surface area contributed by atoms with Crippen LogP contribution < -0.4 is 76.5 Å². The summed E-state index contributed by atoms with van der Waals surface area (Å²) in [4.78, 5) is 5.26. The van der Waals surface area contributed by atoms with Crippen LogP contribution in [0.25, 0.3) is 20.2 Å². The molecular weight excluding hydrogens is 1100 g/mol. The van der Waals surface area contributed by atoms with Crippen LogP contribution >= 0.6 is 22.7 Å². The van der Waals surface area contributed by atoms with Gasteiger partial charge in [-0.3, -0.25) is 0 Å². The van der Waals surface area contributed by atoms with E-state index < -0.39 is 0 Å². The molecule has 0 fully saturated rings. The molecule has 0 radical (unpaired) electrons. The highest BCUT2D eigenvalue weighted by atomic mass is 32.1. The SMILES string of the molecule is Cc1cc(C)c(N2c3cc4c(cc3B3c5cc6c(cc5N(c5c(C)cc(C)cc5C)c5cc(C(C)(C)C)cc2c53)Oc2cc(C(C)(C)C)cc3c2B6c2sc5ccccc5c2O3)B2c3sc5ccccc5c3Oc3cc(C(C)(C)C)cc(c32)O4)c(C)c1. The summed E-state index contributed by atoms with van der Waals surface area (Å²) in [5.74, 6) is 7.11. The predicted octanol–water partition coefficient (Wildman–Crippen LogP) is 15.4. The van der Waals surface area contributed by atoms with Gasteiger partial charge in [-0.1, -0.05) is 134 Å². The number of anilines is 6. The first kappa shape index (κ1) is 53.2. The predicted molar refractivity (Wildman–Crippen MR) is 371 cm³/mol. The van der Waals surface area contributed by atoms with Crippen LogP contribution in [0.1, 0.15) is 112 Å². The minimum absolute atomic E-state index is 0.143. The van der Waals surface area contributed by atoms with Gasteiger partial charge in [0.25, 0.3) is 20.1 Å². The molecule has 11 aromatic rings. The summed E-state index contributed by atoms with van der Waals surface area (Å²) in [5.41, 5.74) is 25.7. The zero-order valence-electron chi connectivity index (χ0n) is 52.3. The summed E-state index contributed by atoms with van der Waals surface area (Å²) >= 11 is 3.70. The molecule has 87 heavy (non-hydrogen) atoms. The first-order valence-electron chi connectivity index (χ1n) is 30.9. The quantitative estimate of drug-likeness (QED) is 0.161. The Morgan fingerprint density at radius 3 is 1.08 bits per heavy atom. The summed E-state index contributed by atoms with van der Waals surface area (Å²) in [6.07, 6.45) is 0. The lowest BCUT2D eigenvalue weighted by Crippen LogP contribution is -2.65. The van der Waals surface area contributed by atoms with E-state index in [9.17, 15) is 0 Å². The molecule has 426 valence electrons. The molecule has 0 spiro atoms. The number of thiophene rings is 2. The van der Waals surface area contributed by atoms with Crippen molar-refractivity contribution in [3.05, 3.63) is 184 Å². The molecular formula is C76H67B3N2O4S2. The van der Waals surface area contributed by atoms with Crippen molar-refractivity contribution in [1.82, 2.24) is 0 Å². The maximum absolute atomic E-state index is 7.54. The van der Waals surface area contributed by atoms with Crippen molar-refractivity contribution < 1.29 is 18.9 Å². The topological polar surface area (TPSA) is 43.4 Å². The van der Waals surface area contributed by atoms with Crippen LogP contribution in [0.15, 0.2) is 133 Å². The third kappa shape index (κ3) is 7.54. The fraction of sp³-hybridized carbons (Fsp3) is 0.237. The second-order valence-corrected chi connectivity index (χ2v) is 31.0. The summed E-state index contributed by atoms with van der Waals surface area (Å²) < 4.78 is 34.3. The number of aryl methyl sites for hydroxylation is 6. The average Bonchev–Trinajstić information content (AvgIpc) is 1.57. The van der Waals surface area contributed by atoms with Crippen LogP contribution in [-0.2, 0) is 16.2 Å². The summed E-state index contributed by atoms with van der Waals surface area (Å²) in [6, 6.07) is 51.1.